The molecule has 0 atom stereocenters. The van der Waals surface area contributed by atoms with Gasteiger partial charge in [-0.3, -0.25) is 24.5 Å². The SMILES string of the molecule is NC(=O)c1ccc([N+](=O)[O-])c2c1C(=O)c1ccccc1C2=O. The Labute approximate surface area is 123 Å². The zero-order valence-corrected chi connectivity index (χ0v) is 11.0. The van der Waals surface area contributed by atoms with Crippen LogP contribution in [-0.2, 0) is 0 Å². The second kappa shape index (κ2) is 4.59. The molecule has 0 heterocycles. The van der Waals surface area contributed by atoms with Gasteiger partial charge in [-0.2, -0.15) is 0 Å². The van der Waals surface area contributed by atoms with Gasteiger partial charge >= 0.3 is 0 Å². The largest absolute Gasteiger partial charge is 0.366 e. The second-order valence-corrected chi connectivity index (χ2v) is 4.71. The van der Waals surface area contributed by atoms with Crippen molar-refractivity contribution in [1.29, 1.82) is 0 Å². The van der Waals surface area contributed by atoms with Crippen LogP contribution in [0.25, 0.3) is 0 Å². The number of carbonyl (C=O) groups excluding carboxylic acids is 3. The Morgan fingerprint density at radius 1 is 0.955 bits per heavy atom. The molecule has 0 spiro atoms. The molecule has 0 bridgehead atoms. The number of hydrogen-bond acceptors (Lipinski definition) is 5. The van der Waals surface area contributed by atoms with Gasteiger partial charge < -0.3 is 5.73 Å². The Balaban J connectivity index is 2.44. The molecule has 1 aliphatic rings. The summed E-state index contributed by atoms with van der Waals surface area (Å²) in [7, 11) is 0. The molecular formula is C15H8N2O5. The lowest BCUT2D eigenvalue weighted by atomic mass is 9.81. The average molecular weight is 296 g/mol. The highest BCUT2D eigenvalue weighted by atomic mass is 16.6. The summed E-state index contributed by atoms with van der Waals surface area (Å²) in [5.41, 5.74) is 3.99. The Bertz CT molecular complexity index is 813. The van der Waals surface area contributed by atoms with Crippen molar-refractivity contribution in [3.05, 3.63) is 74.3 Å². The number of fused-ring (bicyclic) bond motifs is 2. The van der Waals surface area contributed by atoms with E-state index in [1.54, 1.807) is 12.1 Å². The standard InChI is InChI=1S/C15H8N2O5/c16-15(20)9-5-6-10(17(21)22)12-11(9)13(18)7-3-1-2-4-8(7)14(12)19/h1-6H,(H2,16,20). The van der Waals surface area contributed by atoms with Gasteiger partial charge in [0.2, 0.25) is 11.7 Å². The number of primary amides is 1. The van der Waals surface area contributed by atoms with E-state index in [0.29, 0.717) is 0 Å². The number of rotatable bonds is 2. The van der Waals surface area contributed by atoms with Crippen LogP contribution in [0.5, 0.6) is 0 Å². The fourth-order valence-electron chi connectivity index (χ4n) is 2.56. The summed E-state index contributed by atoms with van der Waals surface area (Å²) in [5, 5.41) is 11.1. The predicted molar refractivity (Wildman–Crippen MR) is 74.9 cm³/mol. The molecule has 0 aromatic heterocycles. The molecule has 0 unspecified atom stereocenters. The normalized spacial score (nSPS) is 12.5. The number of benzene rings is 2. The minimum atomic E-state index is -0.924. The molecule has 1 aliphatic carbocycles. The van der Waals surface area contributed by atoms with Crippen LogP contribution in [0.1, 0.15) is 42.2 Å². The van der Waals surface area contributed by atoms with Crippen LogP contribution in [0, 0.1) is 10.1 Å². The van der Waals surface area contributed by atoms with E-state index in [1.165, 1.54) is 12.1 Å². The van der Waals surface area contributed by atoms with Crippen LogP contribution in [-0.4, -0.2) is 22.4 Å². The van der Waals surface area contributed by atoms with Gasteiger partial charge in [-0.05, 0) is 6.07 Å². The number of carbonyl (C=O) groups is 3. The topological polar surface area (TPSA) is 120 Å². The molecule has 0 fully saturated rings. The number of amides is 1. The summed E-state index contributed by atoms with van der Waals surface area (Å²) in [4.78, 5) is 47.0. The van der Waals surface area contributed by atoms with Gasteiger partial charge in [0.15, 0.2) is 5.78 Å². The van der Waals surface area contributed by atoms with Crippen LogP contribution in [0.4, 0.5) is 5.69 Å². The molecule has 0 aliphatic heterocycles. The first-order chi connectivity index (χ1) is 10.4. The molecule has 22 heavy (non-hydrogen) atoms. The summed E-state index contributed by atoms with van der Waals surface area (Å²) in [6.45, 7) is 0. The molecule has 7 heteroatoms. The van der Waals surface area contributed by atoms with E-state index in [4.69, 9.17) is 5.73 Å². The summed E-state index contributed by atoms with van der Waals surface area (Å²) in [6.07, 6.45) is 0. The van der Waals surface area contributed by atoms with Crippen molar-refractivity contribution in [3.8, 4) is 0 Å². The zero-order valence-electron chi connectivity index (χ0n) is 11.0. The third kappa shape index (κ3) is 1.72. The molecule has 0 radical (unpaired) electrons. The first-order valence-electron chi connectivity index (χ1n) is 6.23. The molecule has 1 amide bonds. The van der Waals surface area contributed by atoms with Crippen molar-refractivity contribution >= 4 is 23.2 Å². The first kappa shape index (κ1) is 13.6. The smallest absolute Gasteiger partial charge is 0.281 e. The van der Waals surface area contributed by atoms with Gasteiger partial charge in [0.1, 0.15) is 5.56 Å². The van der Waals surface area contributed by atoms with E-state index >= 15 is 0 Å². The number of hydrogen-bond donors (Lipinski definition) is 1. The van der Waals surface area contributed by atoms with Gasteiger partial charge in [-0.15, -0.1) is 0 Å². The fourth-order valence-corrected chi connectivity index (χ4v) is 2.56. The van der Waals surface area contributed by atoms with Crippen molar-refractivity contribution < 1.29 is 19.3 Å². The Morgan fingerprint density at radius 3 is 2.00 bits per heavy atom. The summed E-state index contributed by atoms with van der Waals surface area (Å²) < 4.78 is 0. The minimum Gasteiger partial charge on any atom is -0.366 e. The highest BCUT2D eigenvalue weighted by molar-refractivity contribution is 6.32. The predicted octanol–water partition coefficient (Wildman–Crippen LogP) is 1.47. The lowest BCUT2D eigenvalue weighted by Gasteiger charge is -2.18. The van der Waals surface area contributed by atoms with Gasteiger partial charge in [-0.25, -0.2) is 0 Å². The maximum Gasteiger partial charge on any atom is 0.281 e. The first-order valence-corrected chi connectivity index (χ1v) is 6.23. The molecular weight excluding hydrogens is 288 g/mol. The molecule has 108 valence electrons. The van der Waals surface area contributed by atoms with E-state index in [-0.39, 0.29) is 27.8 Å². The molecule has 2 aromatic carbocycles. The molecule has 2 N–H and O–H groups in total. The maximum absolute atomic E-state index is 12.6. The molecule has 3 rings (SSSR count). The van der Waals surface area contributed by atoms with Crippen molar-refractivity contribution in [1.82, 2.24) is 0 Å². The van der Waals surface area contributed by atoms with E-state index in [2.05, 4.69) is 0 Å². The van der Waals surface area contributed by atoms with Crippen LogP contribution >= 0.6 is 0 Å². The second-order valence-electron chi connectivity index (χ2n) is 4.71. The van der Waals surface area contributed by atoms with Crippen molar-refractivity contribution in [3.63, 3.8) is 0 Å². The number of nitrogens with two attached hydrogens (primary N) is 1. The molecule has 0 saturated carbocycles. The van der Waals surface area contributed by atoms with Crippen molar-refractivity contribution in [2.45, 2.75) is 0 Å². The summed E-state index contributed by atoms with van der Waals surface area (Å²) in [5.74, 6) is -2.21. The number of nitro benzene ring substituents is 1. The van der Waals surface area contributed by atoms with Gasteiger partial charge in [0.05, 0.1) is 16.1 Å². The number of nitro groups is 1. The van der Waals surface area contributed by atoms with Crippen LogP contribution in [0.3, 0.4) is 0 Å². The maximum atomic E-state index is 12.6. The van der Waals surface area contributed by atoms with E-state index < -0.39 is 28.1 Å². The fraction of sp³-hybridized carbons (Fsp3) is 0. The van der Waals surface area contributed by atoms with Crippen molar-refractivity contribution in [2.24, 2.45) is 5.73 Å². The number of nitrogens with zero attached hydrogens (tertiary/aromatic N) is 1. The lowest BCUT2D eigenvalue weighted by Crippen LogP contribution is -2.26. The third-order valence-electron chi connectivity index (χ3n) is 3.52. The van der Waals surface area contributed by atoms with Gasteiger partial charge in [-0.1, -0.05) is 24.3 Å². The highest BCUT2D eigenvalue weighted by Crippen LogP contribution is 2.34. The van der Waals surface area contributed by atoms with Crippen LogP contribution < -0.4 is 5.73 Å². The van der Waals surface area contributed by atoms with Gasteiger partial charge in [0, 0.05) is 17.2 Å². The van der Waals surface area contributed by atoms with E-state index in [9.17, 15) is 24.5 Å². The zero-order chi connectivity index (χ0) is 16.0. The Hall–Kier alpha value is -3.35. The minimum absolute atomic E-state index is 0.0738. The summed E-state index contributed by atoms with van der Waals surface area (Å²) >= 11 is 0. The monoisotopic (exact) mass is 296 g/mol. The lowest BCUT2D eigenvalue weighted by molar-refractivity contribution is -0.385. The highest BCUT2D eigenvalue weighted by Gasteiger charge is 2.38. The van der Waals surface area contributed by atoms with Crippen LogP contribution in [0.2, 0.25) is 0 Å². The van der Waals surface area contributed by atoms with Crippen molar-refractivity contribution in [2.75, 3.05) is 0 Å². The number of ketones is 2. The summed E-state index contributed by atoms with van der Waals surface area (Å²) in [6, 6.07) is 8.08. The average Bonchev–Trinajstić information content (AvgIpc) is 2.51. The van der Waals surface area contributed by atoms with E-state index in [1.807, 2.05) is 0 Å². The molecule has 7 nitrogen and oxygen atoms in total. The molecule has 0 saturated heterocycles. The Morgan fingerprint density at radius 2 is 1.50 bits per heavy atom. The molecule has 2 aromatic rings. The van der Waals surface area contributed by atoms with Gasteiger partial charge in [0.25, 0.3) is 5.69 Å². The third-order valence-corrected chi connectivity index (χ3v) is 3.52. The quantitative estimate of drug-likeness (QED) is 0.567. The Kier molecular flexibility index (Phi) is 2.84. The van der Waals surface area contributed by atoms with E-state index in [0.717, 1.165) is 12.1 Å². The van der Waals surface area contributed by atoms with Crippen LogP contribution in [0.15, 0.2) is 36.4 Å².